The molecule has 3 N–H and O–H groups in total. The topological polar surface area (TPSA) is 67.5 Å². The van der Waals surface area contributed by atoms with Crippen molar-refractivity contribution in [2.45, 2.75) is 26.7 Å². The Hall–Kier alpha value is -1.03. The van der Waals surface area contributed by atoms with Gasteiger partial charge >= 0.3 is 6.03 Å². The molecule has 0 saturated heterocycles. The minimum absolute atomic E-state index is 0.0873. The highest BCUT2D eigenvalue weighted by Gasteiger charge is 2.25. The molecule has 4 nitrogen and oxygen atoms in total. The van der Waals surface area contributed by atoms with Crippen molar-refractivity contribution in [3.63, 3.8) is 0 Å². The van der Waals surface area contributed by atoms with Crippen LogP contribution in [0.25, 0.3) is 0 Å². The average Bonchev–Trinajstić information content (AvgIpc) is 1.96. The number of amides is 2. The molecule has 0 atom stereocenters. The quantitative estimate of drug-likeness (QED) is 0.645. The minimum atomic E-state index is -0.662. The number of nitrogens with two attached hydrogens (primary N) is 1. The Labute approximate surface area is 88.2 Å². The van der Waals surface area contributed by atoms with Crippen LogP contribution in [0.5, 0.6) is 0 Å². The Kier molecular flexibility index (Phi) is 3.16. The van der Waals surface area contributed by atoms with E-state index in [9.17, 15) is 4.79 Å². The number of allylic oxidation sites excluding steroid dienone is 2. The number of nitrogens with zero attached hydrogens (tertiary/aromatic N) is 1. The van der Waals surface area contributed by atoms with Gasteiger partial charge in [-0.3, -0.25) is 0 Å². The summed E-state index contributed by atoms with van der Waals surface area (Å²) in [4.78, 5) is 10.4. The van der Waals surface area contributed by atoms with E-state index < -0.39 is 6.03 Å². The van der Waals surface area contributed by atoms with Gasteiger partial charge in [-0.05, 0) is 24.3 Å². The predicted octanol–water partition coefficient (Wildman–Crippen LogP) is 1.95. The zero-order valence-electron chi connectivity index (χ0n) is 8.30. The number of hydrogen-bond donors (Lipinski definition) is 2. The molecule has 0 radical (unpaired) electrons. The van der Waals surface area contributed by atoms with Crippen LogP contribution in [0.1, 0.15) is 26.7 Å². The van der Waals surface area contributed by atoms with Gasteiger partial charge < -0.3 is 5.73 Å². The first-order chi connectivity index (χ1) is 6.39. The molecule has 2 amide bonds. The highest BCUT2D eigenvalue weighted by Crippen LogP contribution is 2.35. The molecule has 14 heavy (non-hydrogen) atoms. The molecule has 0 aromatic rings. The van der Waals surface area contributed by atoms with E-state index in [2.05, 4.69) is 24.4 Å². The SMILES string of the molecule is CC1(C)CC(Cl)=C/C(=N/NC(N)=O)C1. The number of urea groups is 1. The number of primary amides is 1. The van der Waals surface area contributed by atoms with E-state index in [-0.39, 0.29) is 5.41 Å². The van der Waals surface area contributed by atoms with E-state index in [0.717, 1.165) is 23.6 Å². The van der Waals surface area contributed by atoms with Gasteiger partial charge in [0.15, 0.2) is 0 Å². The maximum Gasteiger partial charge on any atom is 0.332 e. The van der Waals surface area contributed by atoms with Crippen LogP contribution in [0.3, 0.4) is 0 Å². The summed E-state index contributed by atoms with van der Waals surface area (Å²) in [7, 11) is 0. The summed E-state index contributed by atoms with van der Waals surface area (Å²) in [6.07, 6.45) is 3.39. The molecule has 0 aliphatic heterocycles. The van der Waals surface area contributed by atoms with Gasteiger partial charge in [0.1, 0.15) is 0 Å². The van der Waals surface area contributed by atoms with E-state index in [1.54, 1.807) is 6.08 Å². The molecular weight excluding hydrogens is 202 g/mol. The molecule has 1 aliphatic rings. The number of nitrogens with one attached hydrogen (secondary N) is 1. The summed E-state index contributed by atoms with van der Waals surface area (Å²) < 4.78 is 0. The Morgan fingerprint density at radius 3 is 2.79 bits per heavy atom. The summed E-state index contributed by atoms with van der Waals surface area (Å²) >= 11 is 5.95. The minimum Gasteiger partial charge on any atom is -0.350 e. The summed E-state index contributed by atoms with van der Waals surface area (Å²) in [6, 6.07) is -0.662. The van der Waals surface area contributed by atoms with E-state index in [1.807, 2.05) is 0 Å². The molecule has 1 aliphatic carbocycles. The van der Waals surface area contributed by atoms with E-state index in [4.69, 9.17) is 17.3 Å². The number of carbonyl (C=O) groups excluding carboxylic acids is 1. The third-order valence-electron chi connectivity index (χ3n) is 1.94. The third kappa shape index (κ3) is 3.38. The molecular formula is C9H14ClN3O. The van der Waals surface area contributed by atoms with Crippen LogP contribution >= 0.6 is 11.6 Å². The number of rotatable bonds is 1. The highest BCUT2D eigenvalue weighted by molar-refractivity contribution is 6.31. The van der Waals surface area contributed by atoms with Crippen LogP contribution in [0.4, 0.5) is 4.79 Å². The van der Waals surface area contributed by atoms with Crippen molar-refractivity contribution in [1.29, 1.82) is 0 Å². The first kappa shape index (κ1) is 11.0. The van der Waals surface area contributed by atoms with Gasteiger partial charge in [-0.25, -0.2) is 10.2 Å². The largest absolute Gasteiger partial charge is 0.350 e. The van der Waals surface area contributed by atoms with Gasteiger partial charge in [-0.1, -0.05) is 25.4 Å². The average molecular weight is 216 g/mol. The fourth-order valence-corrected chi connectivity index (χ4v) is 1.98. The molecule has 0 aromatic carbocycles. The van der Waals surface area contributed by atoms with Gasteiger partial charge in [0.05, 0.1) is 5.71 Å². The van der Waals surface area contributed by atoms with Gasteiger partial charge in [-0.15, -0.1) is 0 Å². The van der Waals surface area contributed by atoms with Crippen molar-refractivity contribution in [1.82, 2.24) is 5.43 Å². The molecule has 0 fully saturated rings. The second-order valence-electron chi connectivity index (χ2n) is 4.19. The van der Waals surface area contributed by atoms with Crippen LogP contribution in [0.15, 0.2) is 16.2 Å². The molecule has 0 heterocycles. The summed E-state index contributed by atoms with van der Waals surface area (Å²) in [5, 5.41) is 4.62. The highest BCUT2D eigenvalue weighted by atomic mass is 35.5. The van der Waals surface area contributed by atoms with E-state index in [0.29, 0.717) is 0 Å². The van der Waals surface area contributed by atoms with Crippen molar-refractivity contribution >= 4 is 23.3 Å². The number of hydrogen-bond acceptors (Lipinski definition) is 2. The zero-order valence-corrected chi connectivity index (χ0v) is 9.06. The molecule has 78 valence electrons. The van der Waals surface area contributed by atoms with Crippen molar-refractivity contribution in [2.24, 2.45) is 16.3 Å². The lowest BCUT2D eigenvalue weighted by Crippen LogP contribution is -2.28. The molecule has 5 heteroatoms. The lowest BCUT2D eigenvalue weighted by Gasteiger charge is -2.28. The molecule has 0 bridgehead atoms. The predicted molar refractivity (Wildman–Crippen MR) is 57.1 cm³/mol. The smallest absolute Gasteiger partial charge is 0.332 e. The Balaban J connectivity index is 2.76. The van der Waals surface area contributed by atoms with Crippen LogP contribution in [0, 0.1) is 5.41 Å². The van der Waals surface area contributed by atoms with Crippen molar-refractivity contribution in [3.05, 3.63) is 11.1 Å². The number of hydrazone groups is 1. The van der Waals surface area contributed by atoms with E-state index in [1.165, 1.54) is 0 Å². The Bertz CT molecular complexity index is 307. The van der Waals surface area contributed by atoms with Crippen LogP contribution < -0.4 is 11.2 Å². The number of carbonyl (C=O) groups is 1. The summed E-state index contributed by atoms with van der Waals surface area (Å²) in [5.74, 6) is 0. The van der Waals surface area contributed by atoms with Crippen LogP contribution in [-0.4, -0.2) is 11.7 Å². The molecule has 0 unspecified atom stereocenters. The maximum absolute atomic E-state index is 10.4. The molecule has 1 rings (SSSR count). The first-order valence-electron chi connectivity index (χ1n) is 4.37. The van der Waals surface area contributed by atoms with Crippen molar-refractivity contribution in [2.75, 3.05) is 0 Å². The fourth-order valence-electron chi connectivity index (χ4n) is 1.49. The van der Waals surface area contributed by atoms with Gasteiger partial charge in [-0.2, -0.15) is 5.10 Å². The summed E-state index contributed by atoms with van der Waals surface area (Å²) in [6.45, 7) is 4.20. The van der Waals surface area contributed by atoms with Crippen molar-refractivity contribution in [3.8, 4) is 0 Å². The summed E-state index contributed by atoms with van der Waals surface area (Å²) in [5.41, 5.74) is 7.94. The fraction of sp³-hybridized carbons (Fsp3) is 0.556. The normalized spacial score (nSPS) is 23.1. The number of halogens is 1. The standard InChI is InChI=1S/C9H14ClN3O/c1-9(2)4-6(10)3-7(5-9)12-13-8(11)14/h3H,4-5H2,1-2H3,(H3,11,13,14)/b12-7-. The van der Waals surface area contributed by atoms with Crippen molar-refractivity contribution < 1.29 is 4.79 Å². The second-order valence-corrected chi connectivity index (χ2v) is 4.67. The van der Waals surface area contributed by atoms with Gasteiger partial charge in [0.2, 0.25) is 0 Å². The third-order valence-corrected chi connectivity index (χ3v) is 2.18. The lowest BCUT2D eigenvalue weighted by molar-refractivity contribution is 0.249. The van der Waals surface area contributed by atoms with Crippen LogP contribution in [0.2, 0.25) is 0 Å². The zero-order chi connectivity index (χ0) is 10.8. The Morgan fingerprint density at radius 2 is 2.29 bits per heavy atom. The van der Waals surface area contributed by atoms with Crippen LogP contribution in [-0.2, 0) is 0 Å². The molecule has 0 aromatic heterocycles. The lowest BCUT2D eigenvalue weighted by atomic mass is 9.80. The monoisotopic (exact) mass is 215 g/mol. The maximum atomic E-state index is 10.4. The van der Waals surface area contributed by atoms with E-state index >= 15 is 0 Å². The first-order valence-corrected chi connectivity index (χ1v) is 4.75. The van der Waals surface area contributed by atoms with Gasteiger partial charge in [0, 0.05) is 5.03 Å². The molecule has 0 spiro atoms. The van der Waals surface area contributed by atoms with Gasteiger partial charge in [0.25, 0.3) is 0 Å². The second kappa shape index (κ2) is 4.00. The Morgan fingerprint density at radius 1 is 1.64 bits per heavy atom. The molecule has 0 saturated carbocycles.